The van der Waals surface area contributed by atoms with E-state index in [9.17, 15) is 10.2 Å². The molecule has 2 aromatic carbocycles. The van der Waals surface area contributed by atoms with Gasteiger partial charge in [0.05, 0.1) is 18.8 Å². The van der Waals surface area contributed by atoms with E-state index in [1.807, 2.05) is 42.5 Å². The maximum Gasteiger partial charge on any atom is 0.0898 e. The summed E-state index contributed by atoms with van der Waals surface area (Å²) in [5.74, 6) is 0. The Balaban J connectivity index is 1.74. The van der Waals surface area contributed by atoms with Crippen molar-refractivity contribution in [3.63, 3.8) is 0 Å². The first kappa shape index (κ1) is 29.3. The highest BCUT2D eigenvalue weighted by Crippen LogP contribution is 2.17. The number of aliphatic hydroxyl groups is 2. The molecule has 0 aliphatic carbocycles. The van der Waals surface area contributed by atoms with Crippen molar-refractivity contribution >= 4 is 0 Å². The van der Waals surface area contributed by atoms with Gasteiger partial charge in [-0.3, -0.25) is 4.90 Å². The molecule has 0 spiro atoms. The van der Waals surface area contributed by atoms with Crippen LogP contribution in [0.5, 0.6) is 0 Å². The van der Waals surface area contributed by atoms with Crippen LogP contribution >= 0.6 is 0 Å². The SMILES string of the molecule is CCCCCCCCCCCCC/C=C/[C@H](O)[C@H](CO)N(Cc1ccccc1)Cc1ccccc1. The minimum Gasteiger partial charge on any atom is -0.395 e. The van der Waals surface area contributed by atoms with Gasteiger partial charge in [-0.2, -0.15) is 0 Å². The molecule has 2 rings (SSSR count). The predicted octanol–water partition coefficient (Wildman–Crippen LogP) is 7.67. The van der Waals surface area contributed by atoms with E-state index in [1.165, 1.54) is 81.8 Å². The van der Waals surface area contributed by atoms with Crippen molar-refractivity contribution in [2.24, 2.45) is 0 Å². The van der Waals surface area contributed by atoms with E-state index in [0.717, 1.165) is 6.42 Å². The third-order valence-electron chi connectivity index (χ3n) is 6.81. The molecule has 0 radical (unpaired) electrons. The average Bonchev–Trinajstić information content (AvgIpc) is 2.88. The van der Waals surface area contributed by atoms with Gasteiger partial charge in [0.1, 0.15) is 0 Å². The lowest BCUT2D eigenvalue weighted by atomic mass is 10.0. The fourth-order valence-corrected chi connectivity index (χ4v) is 4.66. The fraction of sp³-hybridized carbons (Fsp3) is 0.562. The maximum atomic E-state index is 10.9. The van der Waals surface area contributed by atoms with E-state index in [0.29, 0.717) is 13.1 Å². The molecule has 0 fully saturated rings. The quantitative estimate of drug-likeness (QED) is 0.151. The molecule has 0 heterocycles. The molecule has 0 aliphatic rings. The van der Waals surface area contributed by atoms with Crippen LogP contribution < -0.4 is 0 Å². The first-order valence-corrected chi connectivity index (χ1v) is 14.0. The summed E-state index contributed by atoms with van der Waals surface area (Å²) < 4.78 is 0. The third-order valence-corrected chi connectivity index (χ3v) is 6.81. The molecule has 0 saturated carbocycles. The summed E-state index contributed by atoms with van der Waals surface area (Å²) >= 11 is 0. The van der Waals surface area contributed by atoms with Gasteiger partial charge in [0.15, 0.2) is 0 Å². The summed E-state index contributed by atoms with van der Waals surface area (Å²) in [7, 11) is 0. The van der Waals surface area contributed by atoms with Gasteiger partial charge >= 0.3 is 0 Å². The zero-order valence-electron chi connectivity index (χ0n) is 22.0. The molecule has 35 heavy (non-hydrogen) atoms. The van der Waals surface area contributed by atoms with E-state index in [-0.39, 0.29) is 12.6 Å². The summed E-state index contributed by atoms with van der Waals surface area (Å²) in [5.41, 5.74) is 2.36. The molecule has 0 aliphatic heterocycles. The number of allylic oxidation sites excluding steroid dienone is 1. The first-order chi connectivity index (χ1) is 17.2. The molecule has 0 unspecified atom stereocenters. The Morgan fingerprint density at radius 3 is 1.60 bits per heavy atom. The molecule has 0 saturated heterocycles. The van der Waals surface area contributed by atoms with E-state index in [2.05, 4.69) is 42.2 Å². The molecule has 2 N–H and O–H groups in total. The van der Waals surface area contributed by atoms with Gasteiger partial charge in [0.2, 0.25) is 0 Å². The van der Waals surface area contributed by atoms with E-state index < -0.39 is 6.10 Å². The number of hydrogen-bond donors (Lipinski definition) is 2. The van der Waals surface area contributed by atoms with Crippen LogP contribution in [0.15, 0.2) is 72.8 Å². The smallest absolute Gasteiger partial charge is 0.0898 e. The summed E-state index contributed by atoms with van der Waals surface area (Å²) in [6.07, 6.45) is 19.1. The number of benzene rings is 2. The molecule has 194 valence electrons. The van der Waals surface area contributed by atoms with Crippen LogP contribution in [0, 0.1) is 0 Å². The Morgan fingerprint density at radius 2 is 1.14 bits per heavy atom. The summed E-state index contributed by atoms with van der Waals surface area (Å²) in [5, 5.41) is 21.1. The van der Waals surface area contributed by atoms with Crippen molar-refractivity contribution in [1.29, 1.82) is 0 Å². The monoisotopic (exact) mass is 479 g/mol. The summed E-state index contributed by atoms with van der Waals surface area (Å²) in [4.78, 5) is 2.18. The number of unbranched alkanes of at least 4 members (excludes halogenated alkanes) is 11. The van der Waals surface area contributed by atoms with Gasteiger partial charge < -0.3 is 10.2 Å². The van der Waals surface area contributed by atoms with Crippen LogP contribution in [-0.4, -0.2) is 33.9 Å². The largest absolute Gasteiger partial charge is 0.395 e. The predicted molar refractivity (Wildman–Crippen MR) is 149 cm³/mol. The Morgan fingerprint density at radius 1 is 0.686 bits per heavy atom. The second kappa shape index (κ2) is 19.3. The highest BCUT2D eigenvalue weighted by molar-refractivity contribution is 5.18. The van der Waals surface area contributed by atoms with Gasteiger partial charge in [0.25, 0.3) is 0 Å². The van der Waals surface area contributed by atoms with Crippen LogP contribution in [0.4, 0.5) is 0 Å². The molecule has 3 nitrogen and oxygen atoms in total. The Hall–Kier alpha value is -1.94. The molecular weight excluding hydrogens is 430 g/mol. The van der Waals surface area contributed by atoms with Crippen molar-refractivity contribution in [2.75, 3.05) is 6.61 Å². The number of aliphatic hydroxyl groups excluding tert-OH is 2. The van der Waals surface area contributed by atoms with Crippen LogP contribution in [0.25, 0.3) is 0 Å². The normalized spacial score (nSPS) is 13.5. The summed E-state index contributed by atoms with van der Waals surface area (Å²) in [6, 6.07) is 20.2. The first-order valence-electron chi connectivity index (χ1n) is 14.0. The van der Waals surface area contributed by atoms with Crippen LogP contribution in [0.1, 0.15) is 95.1 Å². The molecule has 0 aromatic heterocycles. The van der Waals surface area contributed by atoms with Crippen LogP contribution in [-0.2, 0) is 13.1 Å². The lowest BCUT2D eigenvalue weighted by Crippen LogP contribution is -2.44. The highest BCUT2D eigenvalue weighted by Gasteiger charge is 2.24. The number of rotatable bonds is 20. The Bertz CT molecular complexity index is 720. The van der Waals surface area contributed by atoms with Gasteiger partial charge in [-0.15, -0.1) is 0 Å². The summed E-state index contributed by atoms with van der Waals surface area (Å²) in [6.45, 7) is 3.56. The average molecular weight is 480 g/mol. The van der Waals surface area contributed by atoms with Crippen LogP contribution in [0.3, 0.4) is 0 Å². The molecular formula is C32H49NO2. The maximum absolute atomic E-state index is 10.9. The van der Waals surface area contributed by atoms with Gasteiger partial charge in [-0.1, -0.05) is 144 Å². The zero-order valence-corrected chi connectivity index (χ0v) is 22.0. The fourth-order valence-electron chi connectivity index (χ4n) is 4.66. The number of nitrogens with zero attached hydrogens (tertiary/aromatic N) is 1. The van der Waals surface area contributed by atoms with E-state index in [1.54, 1.807) is 0 Å². The minimum absolute atomic E-state index is 0.0797. The van der Waals surface area contributed by atoms with Crippen molar-refractivity contribution < 1.29 is 10.2 Å². The van der Waals surface area contributed by atoms with Gasteiger partial charge in [0, 0.05) is 13.1 Å². The standard InChI is InChI=1S/C32H49NO2/c1-2-3-4-5-6-7-8-9-10-11-12-13-20-25-32(35)31(28-34)33(26-29-21-16-14-17-22-29)27-30-23-18-15-19-24-30/h14-25,31-32,34-35H,2-13,26-28H2,1H3/b25-20+/t31-,32-/m0/s1. The van der Waals surface area contributed by atoms with Crippen molar-refractivity contribution in [3.05, 3.63) is 83.9 Å². The third kappa shape index (κ3) is 13.1. The zero-order chi connectivity index (χ0) is 25.0. The molecule has 2 atom stereocenters. The molecule has 3 heteroatoms. The molecule has 0 bridgehead atoms. The molecule has 2 aromatic rings. The Labute approximate surface area is 214 Å². The van der Waals surface area contributed by atoms with Crippen molar-refractivity contribution in [3.8, 4) is 0 Å². The Kier molecular flexibility index (Phi) is 16.1. The second-order valence-electron chi connectivity index (χ2n) is 9.87. The number of hydrogen-bond acceptors (Lipinski definition) is 3. The van der Waals surface area contributed by atoms with Crippen molar-refractivity contribution in [2.45, 2.75) is 109 Å². The highest BCUT2D eigenvalue weighted by atomic mass is 16.3. The minimum atomic E-state index is -0.694. The van der Waals surface area contributed by atoms with Gasteiger partial charge in [-0.05, 0) is 24.0 Å². The van der Waals surface area contributed by atoms with E-state index in [4.69, 9.17) is 0 Å². The second-order valence-corrected chi connectivity index (χ2v) is 9.87. The van der Waals surface area contributed by atoms with Crippen molar-refractivity contribution in [1.82, 2.24) is 4.90 Å². The topological polar surface area (TPSA) is 43.7 Å². The lowest BCUT2D eigenvalue weighted by Gasteiger charge is -2.33. The van der Waals surface area contributed by atoms with Crippen LogP contribution in [0.2, 0.25) is 0 Å². The van der Waals surface area contributed by atoms with E-state index >= 15 is 0 Å². The van der Waals surface area contributed by atoms with Gasteiger partial charge in [-0.25, -0.2) is 0 Å². The molecule has 0 amide bonds. The lowest BCUT2D eigenvalue weighted by molar-refractivity contribution is 0.0297.